The van der Waals surface area contributed by atoms with Crippen molar-refractivity contribution in [2.45, 2.75) is 89.2 Å². The summed E-state index contributed by atoms with van der Waals surface area (Å²) < 4.78 is 30.8. The fourth-order valence-electron chi connectivity index (χ4n) is 4.30. The molecule has 240 valence electrons. The fourth-order valence-corrected chi connectivity index (χ4v) is 5.31. The minimum Gasteiger partial charge on any atom is -0.467 e. The summed E-state index contributed by atoms with van der Waals surface area (Å²) in [5.41, 5.74) is 2.69. The summed E-state index contributed by atoms with van der Waals surface area (Å²) in [6.45, 7) is 11.4. The molecular formula is C35H48O8Si. The summed E-state index contributed by atoms with van der Waals surface area (Å²) in [5.74, 6) is -0.980. The highest BCUT2D eigenvalue weighted by Crippen LogP contribution is 2.37. The summed E-state index contributed by atoms with van der Waals surface area (Å²) in [5, 5.41) is 22.2. The molecule has 0 heterocycles. The molecule has 8 nitrogen and oxygen atoms in total. The number of carbonyl (C=O) groups is 1. The Balaban J connectivity index is 2.03. The number of esters is 1. The second-order valence-electron chi connectivity index (χ2n) is 12.4. The summed E-state index contributed by atoms with van der Waals surface area (Å²) in [6.07, 6.45) is -6.46. The molecule has 0 saturated carbocycles. The molecule has 44 heavy (non-hydrogen) atoms. The van der Waals surface area contributed by atoms with Crippen LogP contribution in [0.3, 0.4) is 0 Å². The molecule has 9 heteroatoms. The van der Waals surface area contributed by atoms with E-state index in [4.69, 9.17) is 23.4 Å². The van der Waals surface area contributed by atoms with Gasteiger partial charge in [-0.3, -0.25) is 0 Å². The van der Waals surface area contributed by atoms with Gasteiger partial charge in [-0.1, -0.05) is 112 Å². The van der Waals surface area contributed by atoms with Crippen molar-refractivity contribution in [2.24, 2.45) is 0 Å². The second kappa shape index (κ2) is 17.0. The van der Waals surface area contributed by atoms with E-state index in [-0.39, 0.29) is 31.5 Å². The lowest BCUT2D eigenvalue weighted by atomic mass is 9.98. The number of hydrogen-bond acceptors (Lipinski definition) is 8. The van der Waals surface area contributed by atoms with Gasteiger partial charge in [-0.15, -0.1) is 0 Å². The second-order valence-corrected chi connectivity index (χ2v) is 17.2. The molecule has 0 saturated heterocycles. The Hall–Kier alpha value is -2.89. The number of hydrogen-bond donors (Lipinski definition) is 2. The van der Waals surface area contributed by atoms with Gasteiger partial charge < -0.3 is 33.6 Å². The lowest BCUT2D eigenvalue weighted by Gasteiger charge is -2.40. The number of methoxy groups -OCH3 is 1. The van der Waals surface area contributed by atoms with Gasteiger partial charge in [-0.25, -0.2) is 4.79 Å². The first-order chi connectivity index (χ1) is 20.9. The predicted octanol–water partition coefficient (Wildman–Crippen LogP) is 5.66. The zero-order valence-electron chi connectivity index (χ0n) is 26.7. The van der Waals surface area contributed by atoms with E-state index < -0.39 is 44.8 Å². The molecule has 2 N–H and O–H groups in total. The molecule has 0 aromatic heterocycles. The van der Waals surface area contributed by atoms with E-state index in [9.17, 15) is 15.0 Å². The van der Waals surface area contributed by atoms with E-state index in [0.717, 1.165) is 23.8 Å². The third kappa shape index (κ3) is 10.6. The van der Waals surface area contributed by atoms with Crippen molar-refractivity contribution in [3.63, 3.8) is 0 Å². The lowest BCUT2D eigenvalue weighted by molar-refractivity contribution is -0.204. The Morgan fingerprint density at radius 2 is 1.11 bits per heavy atom. The van der Waals surface area contributed by atoms with Crippen molar-refractivity contribution in [3.8, 4) is 0 Å². The molecule has 0 aliphatic rings. The summed E-state index contributed by atoms with van der Waals surface area (Å²) in [6, 6.07) is 28.8. The average Bonchev–Trinajstić information content (AvgIpc) is 3.02. The van der Waals surface area contributed by atoms with Gasteiger partial charge in [0, 0.05) is 0 Å². The van der Waals surface area contributed by atoms with Crippen LogP contribution >= 0.6 is 0 Å². The van der Waals surface area contributed by atoms with Crippen LogP contribution in [0.25, 0.3) is 0 Å². The molecule has 0 fully saturated rings. The minimum atomic E-state index is -2.25. The maximum atomic E-state index is 12.4. The van der Waals surface area contributed by atoms with Gasteiger partial charge in [0.05, 0.1) is 33.5 Å². The van der Waals surface area contributed by atoms with Crippen LogP contribution in [0.15, 0.2) is 91.0 Å². The van der Waals surface area contributed by atoms with Gasteiger partial charge in [-0.2, -0.15) is 0 Å². The van der Waals surface area contributed by atoms with Crippen molar-refractivity contribution in [1.82, 2.24) is 0 Å². The van der Waals surface area contributed by atoms with Crippen LogP contribution in [0.2, 0.25) is 18.1 Å². The maximum Gasteiger partial charge on any atom is 0.337 e. The van der Waals surface area contributed by atoms with E-state index in [2.05, 4.69) is 33.9 Å². The van der Waals surface area contributed by atoms with E-state index in [1.54, 1.807) is 0 Å². The smallest absolute Gasteiger partial charge is 0.337 e. The normalized spacial score (nSPS) is 15.6. The molecule has 0 unspecified atom stereocenters. The maximum absolute atomic E-state index is 12.4. The summed E-state index contributed by atoms with van der Waals surface area (Å²) in [4.78, 5) is 12.4. The Bertz CT molecular complexity index is 1230. The van der Waals surface area contributed by atoms with Crippen LogP contribution in [0.5, 0.6) is 0 Å². The van der Waals surface area contributed by atoms with Crippen molar-refractivity contribution in [1.29, 1.82) is 0 Å². The molecule has 3 rings (SSSR count). The molecule has 0 spiro atoms. The molecule has 5 atom stereocenters. The predicted molar refractivity (Wildman–Crippen MR) is 172 cm³/mol. The monoisotopic (exact) mass is 624 g/mol. The van der Waals surface area contributed by atoms with Gasteiger partial charge >= 0.3 is 5.97 Å². The Labute approximate surface area is 263 Å². The molecule has 3 aromatic carbocycles. The van der Waals surface area contributed by atoms with Crippen LogP contribution in [-0.4, -0.2) is 68.7 Å². The van der Waals surface area contributed by atoms with Crippen LogP contribution in [0, 0.1) is 0 Å². The number of carbonyl (C=O) groups excluding carboxylic acids is 1. The molecule has 0 aliphatic carbocycles. The zero-order valence-corrected chi connectivity index (χ0v) is 27.7. The van der Waals surface area contributed by atoms with Gasteiger partial charge in [0.15, 0.2) is 14.4 Å². The average molecular weight is 625 g/mol. The van der Waals surface area contributed by atoms with Crippen molar-refractivity contribution in [2.75, 3.05) is 13.7 Å². The van der Waals surface area contributed by atoms with Gasteiger partial charge in [-0.05, 0) is 34.8 Å². The quantitative estimate of drug-likeness (QED) is 0.147. The van der Waals surface area contributed by atoms with Gasteiger partial charge in [0.1, 0.15) is 24.4 Å². The van der Waals surface area contributed by atoms with E-state index >= 15 is 0 Å². The largest absolute Gasteiger partial charge is 0.467 e. The first-order valence-electron chi connectivity index (χ1n) is 15.0. The highest BCUT2D eigenvalue weighted by atomic mass is 28.4. The first-order valence-corrected chi connectivity index (χ1v) is 17.9. The van der Waals surface area contributed by atoms with E-state index in [1.165, 1.54) is 0 Å². The lowest BCUT2D eigenvalue weighted by Crippen LogP contribution is -2.56. The van der Waals surface area contributed by atoms with Crippen molar-refractivity contribution < 1.29 is 38.4 Å². The van der Waals surface area contributed by atoms with Crippen molar-refractivity contribution in [3.05, 3.63) is 108 Å². The molecule has 0 aliphatic heterocycles. The number of aliphatic hydroxyl groups is 2. The number of aliphatic hydroxyl groups excluding tert-OH is 2. The van der Waals surface area contributed by atoms with Crippen LogP contribution < -0.4 is 0 Å². The third-order valence-electron chi connectivity index (χ3n) is 8.09. The van der Waals surface area contributed by atoms with Gasteiger partial charge in [0.25, 0.3) is 0 Å². The van der Waals surface area contributed by atoms with E-state index in [0.29, 0.717) is 0 Å². The number of rotatable bonds is 17. The molecule has 0 bridgehead atoms. The van der Waals surface area contributed by atoms with Crippen LogP contribution in [0.1, 0.15) is 37.5 Å². The molecule has 3 aromatic rings. The SMILES string of the molecule is COC(=O)[C@H](O)[C@@H](O)[C@H](OCc1ccccc1)[C@@H](OCc1ccccc1)[C@@H](CO[Si](C)(C)C(C)(C)C)OCc1ccccc1. The van der Waals surface area contributed by atoms with E-state index in [1.807, 2.05) is 91.0 Å². The summed E-state index contributed by atoms with van der Waals surface area (Å²) >= 11 is 0. The third-order valence-corrected chi connectivity index (χ3v) is 12.6. The van der Waals surface area contributed by atoms with Crippen LogP contribution in [0.4, 0.5) is 0 Å². The minimum absolute atomic E-state index is 0.0683. The Morgan fingerprint density at radius 3 is 1.52 bits per heavy atom. The van der Waals surface area contributed by atoms with Crippen molar-refractivity contribution >= 4 is 14.3 Å². The topological polar surface area (TPSA) is 104 Å². The van der Waals surface area contributed by atoms with Gasteiger partial charge in [0.2, 0.25) is 0 Å². The Kier molecular flexibility index (Phi) is 13.7. The number of benzene rings is 3. The van der Waals surface area contributed by atoms with Crippen LogP contribution in [-0.2, 0) is 48.0 Å². The molecule has 0 amide bonds. The molecular weight excluding hydrogens is 576 g/mol. The zero-order chi connectivity index (χ0) is 32.2. The highest BCUT2D eigenvalue weighted by Gasteiger charge is 2.44. The fraction of sp³-hybridized carbons (Fsp3) is 0.457. The Morgan fingerprint density at radius 1 is 0.705 bits per heavy atom. The highest BCUT2D eigenvalue weighted by molar-refractivity contribution is 6.74. The number of ether oxygens (including phenoxy) is 4. The standard InChI is InChI=1S/C35H48O8Si/c1-35(2,3)44(5,6)43-25-29(40-22-26-16-10-7-11-17-26)32(41-23-27-18-12-8-13-19-27)33(30(36)31(37)34(38)39-4)42-24-28-20-14-9-15-21-28/h7-21,29-33,36-37H,22-25H2,1-6H3/t29-,30-,31-,32+,33+/m1/s1. The summed E-state index contributed by atoms with van der Waals surface area (Å²) in [7, 11) is -1.10. The first kappa shape index (κ1) is 35.6. The molecule has 0 radical (unpaired) electrons.